The molecule has 2 saturated heterocycles. The number of carbonyl (C=O) groups is 3. The van der Waals surface area contributed by atoms with E-state index in [1.54, 1.807) is 4.90 Å². The molecule has 0 saturated carbocycles. The SMILES string of the molecule is O=C(Cn1c2c(sc1=O)[C@@H](c1cccs1)C1C(=O)N(c3ccc([N+](=O)[O-])cc3)C(=O)C1S2)N1CCCCC1. The van der Waals surface area contributed by atoms with Gasteiger partial charge in [0.15, 0.2) is 0 Å². The van der Waals surface area contributed by atoms with Crippen LogP contribution in [0.15, 0.2) is 51.6 Å². The number of nitrogens with zero attached hydrogens (tertiary/aromatic N) is 4. The summed E-state index contributed by atoms with van der Waals surface area (Å²) in [6.45, 7) is 1.25. The number of aromatic nitrogens is 1. The summed E-state index contributed by atoms with van der Waals surface area (Å²) in [5, 5.41) is 12.7. The Morgan fingerprint density at radius 1 is 1.03 bits per heavy atom. The number of likely N-dealkylation sites (tertiary alicyclic amines) is 1. The van der Waals surface area contributed by atoms with Gasteiger partial charge in [0, 0.05) is 40.9 Å². The lowest BCUT2D eigenvalue weighted by molar-refractivity contribution is -0.384. The van der Waals surface area contributed by atoms with Crippen LogP contribution < -0.4 is 9.77 Å². The molecule has 0 spiro atoms. The molecule has 0 aliphatic carbocycles. The zero-order valence-corrected chi connectivity index (χ0v) is 22.4. The third kappa shape index (κ3) is 4.09. The number of piperidine rings is 1. The van der Waals surface area contributed by atoms with Crippen molar-refractivity contribution in [3.63, 3.8) is 0 Å². The van der Waals surface area contributed by atoms with Crippen molar-refractivity contribution in [1.29, 1.82) is 0 Å². The van der Waals surface area contributed by atoms with E-state index >= 15 is 0 Å². The first-order chi connectivity index (χ1) is 18.3. The van der Waals surface area contributed by atoms with Crippen LogP contribution in [0.4, 0.5) is 11.4 Å². The first-order valence-electron chi connectivity index (χ1n) is 12.2. The number of nitro benzene ring substituents is 1. The highest BCUT2D eigenvalue weighted by Crippen LogP contribution is 2.54. The van der Waals surface area contributed by atoms with Crippen LogP contribution in [-0.2, 0) is 20.9 Å². The second-order valence-electron chi connectivity index (χ2n) is 9.41. The van der Waals surface area contributed by atoms with Gasteiger partial charge in [0.05, 0.1) is 21.6 Å². The minimum atomic E-state index is -0.789. The fourth-order valence-corrected chi connectivity index (χ4v) is 9.11. The van der Waals surface area contributed by atoms with Crippen molar-refractivity contribution in [2.45, 2.75) is 42.0 Å². The number of hydrogen-bond donors (Lipinski definition) is 0. The number of thioether (sulfide) groups is 1. The minimum Gasteiger partial charge on any atom is -0.341 e. The van der Waals surface area contributed by atoms with Crippen LogP contribution in [0.3, 0.4) is 0 Å². The summed E-state index contributed by atoms with van der Waals surface area (Å²) in [6.07, 6.45) is 2.97. The molecule has 3 aromatic rings. The molecule has 10 nitrogen and oxygen atoms in total. The topological polar surface area (TPSA) is 123 Å². The van der Waals surface area contributed by atoms with E-state index < -0.39 is 33.8 Å². The summed E-state index contributed by atoms with van der Waals surface area (Å²) in [7, 11) is 0. The number of carbonyl (C=O) groups excluding carboxylic acids is 3. The van der Waals surface area contributed by atoms with Crippen LogP contribution in [-0.4, -0.2) is 50.5 Å². The van der Waals surface area contributed by atoms with Gasteiger partial charge in [0.1, 0.15) is 11.8 Å². The molecule has 13 heteroatoms. The Kier molecular flexibility index (Phi) is 6.44. The Morgan fingerprint density at radius 2 is 1.76 bits per heavy atom. The van der Waals surface area contributed by atoms with Gasteiger partial charge < -0.3 is 4.90 Å². The highest BCUT2D eigenvalue weighted by molar-refractivity contribution is 8.00. The van der Waals surface area contributed by atoms with E-state index in [2.05, 4.69) is 0 Å². The normalized spacial score (nSPS) is 22.9. The molecule has 0 radical (unpaired) electrons. The number of non-ortho nitro benzene ring substituents is 1. The number of benzene rings is 1. The standard InChI is InChI=1S/C25H22N4O6S3/c30-17(26-10-2-1-3-11-26)13-27-24-21(38-25(27)33)18(16-5-4-12-36-16)19-20(37-24)23(32)28(22(19)31)14-6-8-15(9-7-14)29(34)35/h4-9,12,18-20H,1-3,10-11,13H2/t18-,19?,20?/m0/s1. The van der Waals surface area contributed by atoms with E-state index in [0.29, 0.717) is 23.0 Å². The van der Waals surface area contributed by atoms with Gasteiger partial charge in [-0.15, -0.1) is 11.3 Å². The average molecular weight is 571 g/mol. The Labute approximate surface area is 229 Å². The first kappa shape index (κ1) is 25.0. The number of thiophene rings is 1. The van der Waals surface area contributed by atoms with Crippen molar-refractivity contribution < 1.29 is 19.3 Å². The van der Waals surface area contributed by atoms with E-state index in [9.17, 15) is 29.3 Å². The summed E-state index contributed by atoms with van der Waals surface area (Å²) < 4.78 is 1.46. The number of rotatable bonds is 5. The van der Waals surface area contributed by atoms with Crippen molar-refractivity contribution in [3.8, 4) is 0 Å². The third-order valence-electron chi connectivity index (χ3n) is 7.22. The number of anilines is 1. The summed E-state index contributed by atoms with van der Waals surface area (Å²) in [4.78, 5) is 68.4. The predicted molar refractivity (Wildman–Crippen MR) is 144 cm³/mol. The van der Waals surface area contributed by atoms with Gasteiger partial charge in [-0.1, -0.05) is 29.2 Å². The van der Waals surface area contributed by atoms with Gasteiger partial charge in [-0.25, -0.2) is 4.90 Å². The maximum absolute atomic E-state index is 13.8. The number of fused-ring (bicyclic) bond motifs is 2. The molecule has 2 unspecified atom stereocenters. The molecule has 3 aliphatic rings. The zero-order valence-electron chi connectivity index (χ0n) is 20.0. The molecular weight excluding hydrogens is 548 g/mol. The average Bonchev–Trinajstić information content (AvgIpc) is 3.62. The van der Waals surface area contributed by atoms with Crippen LogP contribution in [0.5, 0.6) is 0 Å². The predicted octanol–water partition coefficient (Wildman–Crippen LogP) is 3.69. The van der Waals surface area contributed by atoms with Crippen molar-refractivity contribution in [2.24, 2.45) is 5.92 Å². The maximum Gasteiger partial charge on any atom is 0.308 e. The lowest BCUT2D eigenvalue weighted by Crippen LogP contribution is -2.39. The smallest absolute Gasteiger partial charge is 0.308 e. The van der Waals surface area contributed by atoms with Gasteiger partial charge >= 0.3 is 4.87 Å². The summed E-state index contributed by atoms with van der Waals surface area (Å²) in [5.41, 5.74) is 0.132. The van der Waals surface area contributed by atoms with Gasteiger partial charge in [0.2, 0.25) is 17.7 Å². The fraction of sp³-hybridized carbons (Fsp3) is 0.360. The Hall–Kier alpha value is -3.29. The number of amides is 3. The Bertz CT molecular complexity index is 1490. The van der Waals surface area contributed by atoms with Crippen molar-refractivity contribution in [1.82, 2.24) is 9.47 Å². The number of imide groups is 1. The molecule has 6 rings (SSSR count). The maximum atomic E-state index is 13.8. The molecule has 38 heavy (non-hydrogen) atoms. The van der Waals surface area contributed by atoms with E-state index in [1.807, 2.05) is 17.5 Å². The molecular formula is C25H22N4O6S3. The summed E-state index contributed by atoms with van der Waals surface area (Å²) in [5.74, 6) is -2.19. The van der Waals surface area contributed by atoms with Gasteiger partial charge in [-0.05, 0) is 42.8 Å². The van der Waals surface area contributed by atoms with Crippen LogP contribution in [0, 0.1) is 16.0 Å². The quantitative estimate of drug-likeness (QED) is 0.260. The van der Waals surface area contributed by atoms with E-state index in [1.165, 1.54) is 51.9 Å². The molecule has 3 amide bonds. The van der Waals surface area contributed by atoms with Gasteiger partial charge in [0.25, 0.3) is 5.69 Å². The largest absolute Gasteiger partial charge is 0.341 e. The fourth-order valence-electron chi connectivity index (χ4n) is 5.39. The van der Waals surface area contributed by atoms with E-state index in [0.717, 1.165) is 40.4 Å². The van der Waals surface area contributed by atoms with Crippen LogP contribution in [0.2, 0.25) is 0 Å². The molecule has 3 atom stereocenters. The van der Waals surface area contributed by atoms with Gasteiger partial charge in [-0.3, -0.25) is 33.9 Å². The van der Waals surface area contributed by atoms with Crippen molar-refractivity contribution >= 4 is 63.5 Å². The summed E-state index contributed by atoms with van der Waals surface area (Å²) >= 11 is 3.65. The Morgan fingerprint density at radius 3 is 2.42 bits per heavy atom. The molecule has 0 bridgehead atoms. The minimum absolute atomic E-state index is 0.0968. The third-order valence-corrected chi connectivity index (χ3v) is 10.8. The van der Waals surface area contributed by atoms with Crippen molar-refractivity contribution in [2.75, 3.05) is 18.0 Å². The monoisotopic (exact) mass is 570 g/mol. The van der Waals surface area contributed by atoms with E-state index in [-0.39, 0.29) is 28.7 Å². The number of hydrogen-bond acceptors (Lipinski definition) is 9. The molecule has 196 valence electrons. The highest BCUT2D eigenvalue weighted by atomic mass is 32.2. The highest BCUT2D eigenvalue weighted by Gasteiger charge is 2.57. The Balaban J connectivity index is 1.39. The van der Waals surface area contributed by atoms with Crippen molar-refractivity contribution in [3.05, 3.63) is 71.3 Å². The lowest BCUT2D eigenvalue weighted by atomic mass is 9.87. The molecule has 5 heterocycles. The number of nitro groups is 1. The number of thiazole rings is 1. The summed E-state index contributed by atoms with van der Waals surface area (Å²) in [6, 6.07) is 9.10. The van der Waals surface area contributed by atoms with Crippen LogP contribution in [0.25, 0.3) is 0 Å². The molecule has 2 fully saturated rings. The van der Waals surface area contributed by atoms with Crippen LogP contribution in [0.1, 0.15) is 34.9 Å². The lowest BCUT2D eigenvalue weighted by Gasteiger charge is -2.30. The van der Waals surface area contributed by atoms with Gasteiger partial charge in [-0.2, -0.15) is 0 Å². The van der Waals surface area contributed by atoms with Crippen LogP contribution >= 0.6 is 34.4 Å². The molecule has 2 aromatic heterocycles. The molecule has 1 aromatic carbocycles. The molecule has 3 aliphatic heterocycles. The second-order valence-corrected chi connectivity index (χ2v) is 12.5. The zero-order chi connectivity index (χ0) is 26.6. The molecule has 0 N–H and O–H groups in total. The second kappa shape index (κ2) is 9.79. The first-order valence-corrected chi connectivity index (χ1v) is 14.8. The van der Waals surface area contributed by atoms with E-state index in [4.69, 9.17) is 0 Å².